The van der Waals surface area contributed by atoms with Gasteiger partial charge in [0.15, 0.2) is 0 Å². The quantitative estimate of drug-likeness (QED) is 0.828. The molecule has 7 nitrogen and oxygen atoms in total. The number of rotatable bonds is 3. The number of hydrogen-bond acceptors (Lipinski definition) is 4. The van der Waals surface area contributed by atoms with E-state index in [0.29, 0.717) is 50.0 Å². The Labute approximate surface area is 163 Å². The van der Waals surface area contributed by atoms with Crippen LogP contribution in [0.15, 0.2) is 18.2 Å². The molecule has 2 N–H and O–H groups in total. The standard InChI is InChI=1S/C21H26N2O5/c1-13-15(3-2-4-17(13)24)19(26)22-9-7-21(8-10-22)11-16(20(27)28)23(12-21)18(25)14-5-6-14/h2-4,14,16,24H,5-12H2,1H3,(H,27,28)/t16-/m0/s1. The molecule has 150 valence electrons. The second kappa shape index (κ2) is 6.79. The highest BCUT2D eigenvalue weighted by Gasteiger charge is 2.52. The summed E-state index contributed by atoms with van der Waals surface area (Å²) in [4.78, 5) is 40.5. The number of piperidine rings is 1. The summed E-state index contributed by atoms with van der Waals surface area (Å²) < 4.78 is 0. The molecule has 0 bridgehead atoms. The lowest BCUT2D eigenvalue weighted by Crippen LogP contribution is -2.45. The molecule has 2 saturated heterocycles. The van der Waals surface area contributed by atoms with Gasteiger partial charge in [0, 0.05) is 36.7 Å². The average molecular weight is 386 g/mol. The second-order valence-corrected chi connectivity index (χ2v) is 8.54. The van der Waals surface area contributed by atoms with Crippen molar-refractivity contribution in [3.05, 3.63) is 29.3 Å². The fourth-order valence-corrected chi connectivity index (χ4v) is 4.65. The number of carboxylic acids is 1. The minimum Gasteiger partial charge on any atom is -0.508 e. The van der Waals surface area contributed by atoms with Crippen molar-refractivity contribution in [2.24, 2.45) is 11.3 Å². The molecule has 3 fully saturated rings. The maximum atomic E-state index is 12.9. The fourth-order valence-electron chi connectivity index (χ4n) is 4.65. The maximum Gasteiger partial charge on any atom is 0.326 e. The minimum absolute atomic E-state index is 0.00685. The fraction of sp³-hybridized carbons (Fsp3) is 0.571. The third-order valence-electron chi connectivity index (χ3n) is 6.65. The van der Waals surface area contributed by atoms with Crippen LogP contribution in [0, 0.1) is 18.3 Å². The Bertz CT molecular complexity index is 824. The Hall–Kier alpha value is -2.57. The zero-order chi connectivity index (χ0) is 20.1. The number of phenols is 1. The number of carbonyl (C=O) groups is 3. The van der Waals surface area contributed by atoms with Gasteiger partial charge < -0.3 is 20.0 Å². The molecule has 2 heterocycles. The molecule has 0 aromatic heterocycles. The third-order valence-corrected chi connectivity index (χ3v) is 6.65. The molecule has 28 heavy (non-hydrogen) atoms. The first-order valence-corrected chi connectivity index (χ1v) is 9.92. The number of nitrogens with zero attached hydrogens (tertiary/aromatic N) is 2. The van der Waals surface area contributed by atoms with Gasteiger partial charge in [0.05, 0.1) is 0 Å². The van der Waals surface area contributed by atoms with Crippen LogP contribution in [0.3, 0.4) is 0 Å². The zero-order valence-corrected chi connectivity index (χ0v) is 16.1. The number of carbonyl (C=O) groups excluding carboxylic acids is 2. The highest BCUT2D eigenvalue weighted by molar-refractivity contribution is 5.96. The summed E-state index contributed by atoms with van der Waals surface area (Å²) in [7, 11) is 0. The van der Waals surface area contributed by atoms with Crippen molar-refractivity contribution in [2.45, 2.75) is 45.1 Å². The van der Waals surface area contributed by atoms with Crippen molar-refractivity contribution in [3.63, 3.8) is 0 Å². The molecule has 4 rings (SSSR count). The van der Waals surface area contributed by atoms with Crippen LogP contribution in [-0.2, 0) is 9.59 Å². The molecule has 0 unspecified atom stereocenters. The molecule has 2 amide bonds. The van der Waals surface area contributed by atoms with Gasteiger partial charge in [-0.25, -0.2) is 4.79 Å². The van der Waals surface area contributed by atoms with E-state index in [1.54, 1.807) is 34.9 Å². The van der Waals surface area contributed by atoms with Gasteiger partial charge in [-0.2, -0.15) is 0 Å². The minimum atomic E-state index is -0.931. The topological polar surface area (TPSA) is 98.2 Å². The largest absolute Gasteiger partial charge is 0.508 e. The summed E-state index contributed by atoms with van der Waals surface area (Å²) in [6.45, 7) is 3.27. The first-order chi connectivity index (χ1) is 13.3. The van der Waals surface area contributed by atoms with E-state index in [-0.39, 0.29) is 28.9 Å². The number of phenolic OH excluding ortho intramolecular Hbond substituents is 1. The van der Waals surface area contributed by atoms with Gasteiger partial charge in [0.1, 0.15) is 11.8 Å². The molecule has 3 aliphatic rings. The van der Waals surface area contributed by atoms with E-state index in [1.165, 1.54) is 0 Å². The van der Waals surface area contributed by atoms with Gasteiger partial charge in [-0.15, -0.1) is 0 Å². The van der Waals surface area contributed by atoms with Crippen molar-refractivity contribution in [1.29, 1.82) is 0 Å². The van der Waals surface area contributed by atoms with Crippen LogP contribution >= 0.6 is 0 Å². The first-order valence-electron chi connectivity index (χ1n) is 9.92. The van der Waals surface area contributed by atoms with Crippen LogP contribution in [0.1, 0.15) is 48.0 Å². The molecule has 2 aliphatic heterocycles. The van der Waals surface area contributed by atoms with Gasteiger partial charge in [0.25, 0.3) is 5.91 Å². The number of amides is 2. The number of hydrogen-bond donors (Lipinski definition) is 2. The van der Waals surface area contributed by atoms with E-state index in [1.807, 2.05) is 0 Å². The normalized spacial score (nSPS) is 23.8. The van der Waals surface area contributed by atoms with E-state index >= 15 is 0 Å². The van der Waals surface area contributed by atoms with Gasteiger partial charge >= 0.3 is 5.97 Å². The van der Waals surface area contributed by atoms with E-state index < -0.39 is 12.0 Å². The Morgan fingerprint density at radius 3 is 2.43 bits per heavy atom. The van der Waals surface area contributed by atoms with Gasteiger partial charge in [-0.1, -0.05) is 6.07 Å². The maximum absolute atomic E-state index is 12.9. The Morgan fingerprint density at radius 2 is 1.82 bits per heavy atom. The SMILES string of the molecule is Cc1c(O)cccc1C(=O)N1CCC2(CC1)C[C@@H](C(=O)O)N(C(=O)C1CC1)C2. The molecule has 1 aliphatic carbocycles. The van der Waals surface area contributed by atoms with Crippen LogP contribution in [0.2, 0.25) is 0 Å². The van der Waals surface area contributed by atoms with Gasteiger partial charge in [0.2, 0.25) is 5.91 Å². The Kier molecular flexibility index (Phi) is 4.56. The van der Waals surface area contributed by atoms with Crippen molar-refractivity contribution in [2.75, 3.05) is 19.6 Å². The van der Waals surface area contributed by atoms with E-state index in [4.69, 9.17) is 0 Å². The van der Waals surface area contributed by atoms with Crippen molar-refractivity contribution < 1.29 is 24.6 Å². The van der Waals surface area contributed by atoms with Crippen LogP contribution in [0.4, 0.5) is 0 Å². The lowest BCUT2D eigenvalue weighted by atomic mass is 9.76. The molecule has 7 heteroatoms. The highest BCUT2D eigenvalue weighted by Crippen LogP contribution is 2.45. The lowest BCUT2D eigenvalue weighted by Gasteiger charge is -2.39. The molecule has 1 aromatic carbocycles. The molecule has 1 saturated carbocycles. The molecule has 0 radical (unpaired) electrons. The van der Waals surface area contributed by atoms with E-state index in [0.717, 1.165) is 12.8 Å². The highest BCUT2D eigenvalue weighted by atomic mass is 16.4. The summed E-state index contributed by atoms with van der Waals surface area (Å²) in [5, 5.41) is 19.5. The van der Waals surface area contributed by atoms with Crippen LogP contribution in [-0.4, -0.2) is 63.5 Å². The summed E-state index contributed by atoms with van der Waals surface area (Å²) in [5.74, 6) is -0.944. The number of benzene rings is 1. The molecular weight excluding hydrogens is 360 g/mol. The van der Waals surface area contributed by atoms with E-state index in [2.05, 4.69) is 0 Å². The molecule has 1 atom stereocenters. The van der Waals surface area contributed by atoms with E-state index in [9.17, 15) is 24.6 Å². The summed E-state index contributed by atoms with van der Waals surface area (Å²) in [6.07, 6.45) is 3.57. The van der Waals surface area contributed by atoms with Crippen molar-refractivity contribution in [3.8, 4) is 5.75 Å². The summed E-state index contributed by atoms with van der Waals surface area (Å²) in [6, 6.07) is 4.20. The number of carboxylic acid groups (broad SMARTS) is 1. The first kappa shape index (κ1) is 18.8. The average Bonchev–Trinajstić information content (AvgIpc) is 3.46. The van der Waals surface area contributed by atoms with Gasteiger partial charge in [-0.3, -0.25) is 9.59 Å². The smallest absolute Gasteiger partial charge is 0.326 e. The molecular formula is C21H26N2O5. The van der Waals surface area contributed by atoms with Crippen LogP contribution in [0.5, 0.6) is 5.75 Å². The summed E-state index contributed by atoms with van der Waals surface area (Å²) >= 11 is 0. The monoisotopic (exact) mass is 386 g/mol. The van der Waals surface area contributed by atoms with Crippen LogP contribution < -0.4 is 0 Å². The number of aromatic hydroxyl groups is 1. The zero-order valence-electron chi connectivity index (χ0n) is 16.1. The second-order valence-electron chi connectivity index (χ2n) is 8.54. The lowest BCUT2D eigenvalue weighted by molar-refractivity contribution is -0.148. The predicted molar refractivity (Wildman–Crippen MR) is 101 cm³/mol. The third kappa shape index (κ3) is 3.23. The number of aliphatic carboxylic acids is 1. The van der Waals surface area contributed by atoms with Gasteiger partial charge in [-0.05, 0) is 56.6 Å². The Balaban J connectivity index is 1.46. The predicted octanol–water partition coefficient (Wildman–Crippen LogP) is 2.02. The number of likely N-dealkylation sites (tertiary alicyclic amines) is 2. The van der Waals surface area contributed by atoms with Crippen molar-refractivity contribution >= 4 is 17.8 Å². The van der Waals surface area contributed by atoms with Crippen LogP contribution in [0.25, 0.3) is 0 Å². The van der Waals surface area contributed by atoms with Crippen molar-refractivity contribution in [1.82, 2.24) is 9.80 Å². The molecule has 1 aromatic rings. The molecule has 1 spiro atoms. The Morgan fingerprint density at radius 1 is 1.14 bits per heavy atom. The summed E-state index contributed by atoms with van der Waals surface area (Å²) in [5.41, 5.74) is 0.843.